The number of nitrogens with zero attached hydrogens (tertiary/aromatic N) is 1. The number of rotatable bonds is 6. The van der Waals surface area contributed by atoms with Gasteiger partial charge in [-0.15, -0.1) is 0 Å². The molecule has 0 amide bonds. The third-order valence-corrected chi connectivity index (χ3v) is 4.57. The van der Waals surface area contributed by atoms with E-state index in [-0.39, 0.29) is 0 Å². The lowest BCUT2D eigenvalue weighted by atomic mass is 10.0. The zero-order valence-electron chi connectivity index (χ0n) is 15.5. The van der Waals surface area contributed by atoms with E-state index < -0.39 is 6.10 Å². The molecule has 3 rings (SSSR count). The van der Waals surface area contributed by atoms with Crippen LogP contribution < -0.4 is 10.6 Å². The topological polar surface area (TPSA) is 57.2 Å². The molecule has 0 radical (unpaired) electrons. The van der Waals surface area contributed by atoms with Gasteiger partial charge in [0.15, 0.2) is 0 Å². The lowest BCUT2D eigenvalue weighted by Crippen LogP contribution is -2.01. The van der Waals surface area contributed by atoms with E-state index in [1.54, 1.807) is 6.92 Å². The molecule has 0 aliphatic carbocycles. The molecular formula is C22H25N3O. The number of aromatic nitrogens is 1. The Morgan fingerprint density at radius 2 is 1.85 bits per heavy atom. The number of aliphatic hydroxyl groups is 1. The molecule has 1 aromatic heterocycles. The average molecular weight is 347 g/mol. The van der Waals surface area contributed by atoms with Crippen molar-refractivity contribution in [3.8, 4) is 11.1 Å². The van der Waals surface area contributed by atoms with Gasteiger partial charge < -0.3 is 15.7 Å². The quantitative estimate of drug-likeness (QED) is 0.601. The van der Waals surface area contributed by atoms with Crippen LogP contribution in [0.3, 0.4) is 0 Å². The van der Waals surface area contributed by atoms with Crippen molar-refractivity contribution in [2.75, 3.05) is 17.7 Å². The molecule has 3 N–H and O–H groups in total. The highest BCUT2D eigenvalue weighted by atomic mass is 16.3. The molecule has 1 unspecified atom stereocenters. The van der Waals surface area contributed by atoms with Gasteiger partial charge in [0.25, 0.3) is 0 Å². The zero-order valence-corrected chi connectivity index (χ0v) is 15.5. The zero-order chi connectivity index (χ0) is 18.5. The van der Waals surface area contributed by atoms with E-state index in [1.807, 2.05) is 43.6 Å². The molecule has 0 aliphatic heterocycles. The Hall–Kier alpha value is -2.85. The number of aliphatic hydroxyl groups excluding tert-OH is 1. The SMILES string of the molecule is CNc1nccc(-c2ccc(CNc3cccc(C(C)O)c3)cc2)c1C. The van der Waals surface area contributed by atoms with Gasteiger partial charge in [-0.3, -0.25) is 0 Å². The molecule has 2 aromatic carbocycles. The summed E-state index contributed by atoms with van der Waals surface area (Å²) in [4.78, 5) is 4.34. The first-order chi connectivity index (χ1) is 12.6. The van der Waals surface area contributed by atoms with E-state index in [0.717, 1.165) is 29.2 Å². The molecule has 134 valence electrons. The molecule has 0 saturated carbocycles. The van der Waals surface area contributed by atoms with Crippen molar-refractivity contribution in [3.63, 3.8) is 0 Å². The average Bonchev–Trinajstić information content (AvgIpc) is 2.67. The minimum atomic E-state index is -0.456. The molecule has 3 aromatic rings. The van der Waals surface area contributed by atoms with Gasteiger partial charge in [-0.1, -0.05) is 36.4 Å². The Kier molecular flexibility index (Phi) is 5.54. The number of anilines is 2. The van der Waals surface area contributed by atoms with Gasteiger partial charge in [-0.2, -0.15) is 0 Å². The molecule has 1 atom stereocenters. The molecular weight excluding hydrogens is 322 g/mol. The maximum absolute atomic E-state index is 9.70. The monoisotopic (exact) mass is 347 g/mol. The van der Waals surface area contributed by atoms with Crippen molar-refractivity contribution in [1.82, 2.24) is 4.98 Å². The van der Waals surface area contributed by atoms with Crippen molar-refractivity contribution in [3.05, 3.63) is 77.5 Å². The van der Waals surface area contributed by atoms with E-state index in [1.165, 1.54) is 16.7 Å². The summed E-state index contributed by atoms with van der Waals surface area (Å²) in [6, 6.07) is 18.5. The third-order valence-electron chi connectivity index (χ3n) is 4.57. The number of pyridine rings is 1. The van der Waals surface area contributed by atoms with Crippen molar-refractivity contribution < 1.29 is 5.11 Å². The molecule has 0 saturated heterocycles. The van der Waals surface area contributed by atoms with Crippen molar-refractivity contribution in [1.29, 1.82) is 0 Å². The number of hydrogen-bond donors (Lipinski definition) is 3. The fourth-order valence-electron chi connectivity index (χ4n) is 3.02. The first-order valence-corrected chi connectivity index (χ1v) is 8.83. The van der Waals surface area contributed by atoms with Crippen LogP contribution in [0.2, 0.25) is 0 Å². The largest absolute Gasteiger partial charge is 0.389 e. The summed E-state index contributed by atoms with van der Waals surface area (Å²) in [5, 5.41) is 16.2. The molecule has 0 spiro atoms. The summed E-state index contributed by atoms with van der Waals surface area (Å²) in [6.45, 7) is 4.60. The maximum atomic E-state index is 9.70. The molecule has 0 aliphatic rings. The van der Waals surface area contributed by atoms with Crippen LogP contribution in [0, 0.1) is 6.92 Å². The second-order valence-electron chi connectivity index (χ2n) is 6.43. The standard InChI is InChI=1S/C22H25N3O/c1-15-21(11-12-24-22(15)23-3)18-9-7-17(8-10-18)14-25-20-6-4-5-19(13-20)16(2)26/h4-13,16,25-26H,14H2,1-3H3,(H,23,24). The highest BCUT2D eigenvalue weighted by Crippen LogP contribution is 2.27. The van der Waals surface area contributed by atoms with Crippen LogP contribution in [0.1, 0.15) is 29.7 Å². The first kappa shape index (κ1) is 18.0. The molecule has 4 nitrogen and oxygen atoms in total. The van der Waals surface area contributed by atoms with Crippen LogP contribution in [0.4, 0.5) is 11.5 Å². The van der Waals surface area contributed by atoms with Crippen LogP contribution in [0.25, 0.3) is 11.1 Å². The number of hydrogen-bond acceptors (Lipinski definition) is 4. The minimum Gasteiger partial charge on any atom is -0.389 e. The summed E-state index contributed by atoms with van der Waals surface area (Å²) in [6.07, 6.45) is 1.38. The Morgan fingerprint density at radius 3 is 2.54 bits per heavy atom. The molecule has 0 fully saturated rings. The highest BCUT2D eigenvalue weighted by Gasteiger charge is 2.06. The van der Waals surface area contributed by atoms with Crippen LogP contribution >= 0.6 is 0 Å². The fraction of sp³-hybridized carbons (Fsp3) is 0.227. The smallest absolute Gasteiger partial charge is 0.129 e. The van der Waals surface area contributed by atoms with E-state index in [2.05, 4.69) is 46.8 Å². The van der Waals surface area contributed by atoms with Gasteiger partial charge in [0.2, 0.25) is 0 Å². The number of nitrogens with one attached hydrogen (secondary N) is 2. The van der Waals surface area contributed by atoms with Crippen LogP contribution in [-0.4, -0.2) is 17.1 Å². The predicted molar refractivity (Wildman–Crippen MR) is 108 cm³/mol. The van der Waals surface area contributed by atoms with Crippen molar-refractivity contribution in [2.24, 2.45) is 0 Å². The van der Waals surface area contributed by atoms with Gasteiger partial charge in [0.1, 0.15) is 5.82 Å². The van der Waals surface area contributed by atoms with Gasteiger partial charge in [-0.25, -0.2) is 4.98 Å². The van der Waals surface area contributed by atoms with Crippen LogP contribution in [0.15, 0.2) is 60.8 Å². The van der Waals surface area contributed by atoms with Gasteiger partial charge in [0, 0.05) is 25.5 Å². The third kappa shape index (κ3) is 4.03. The Balaban J connectivity index is 1.71. The Labute approximate surface area is 154 Å². The Bertz CT molecular complexity index is 873. The van der Waals surface area contributed by atoms with Crippen LogP contribution in [-0.2, 0) is 6.54 Å². The first-order valence-electron chi connectivity index (χ1n) is 8.83. The van der Waals surface area contributed by atoms with Gasteiger partial charge >= 0.3 is 0 Å². The summed E-state index contributed by atoms with van der Waals surface area (Å²) in [5.41, 5.74) is 6.65. The molecule has 0 bridgehead atoms. The molecule has 1 heterocycles. The number of benzene rings is 2. The second kappa shape index (κ2) is 8.02. The lowest BCUT2D eigenvalue weighted by molar-refractivity contribution is 0.199. The highest BCUT2D eigenvalue weighted by molar-refractivity contribution is 5.71. The summed E-state index contributed by atoms with van der Waals surface area (Å²) < 4.78 is 0. The summed E-state index contributed by atoms with van der Waals surface area (Å²) >= 11 is 0. The van der Waals surface area contributed by atoms with Gasteiger partial charge in [0.05, 0.1) is 6.10 Å². The summed E-state index contributed by atoms with van der Waals surface area (Å²) in [5.74, 6) is 0.909. The Morgan fingerprint density at radius 1 is 1.08 bits per heavy atom. The van der Waals surface area contributed by atoms with E-state index in [4.69, 9.17) is 0 Å². The van der Waals surface area contributed by atoms with E-state index >= 15 is 0 Å². The summed E-state index contributed by atoms with van der Waals surface area (Å²) in [7, 11) is 1.89. The normalized spacial score (nSPS) is 11.8. The molecule has 4 heteroatoms. The van der Waals surface area contributed by atoms with Crippen molar-refractivity contribution >= 4 is 11.5 Å². The van der Waals surface area contributed by atoms with Gasteiger partial charge in [-0.05, 0) is 59.9 Å². The van der Waals surface area contributed by atoms with E-state index in [9.17, 15) is 5.11 Å². The molecule has 26 heavy (non-hydrogen) atoms. The second-order valence-corrected chi connectivity index (χ2v) is 6.43. The predicted octanol–water partition coefficient (Wildman–Crippen LogP) is 4.76. The lowest BCUT2D eigenvalue weighted by Gasteiger charge is -2.12. The maximum Gasteiger partial charge on any atom is 0.129 e. The minimum absolute atomic E-state index is 0.456. The van der Waals surface area contributed by atoms with E-state index in [0.29, 0.717) is 0 Å². The fourth-order valence-corrected chi connectivity index (χ4v) is 3.02. The van der Waals surface area contributed by atoms with Crippen molar-refractivity contribution in [2.45, 2.75) is 26.5 Å². The van der Waals surface area contributed by atoms with Crippen LogP contribution in [0.5, 0.6) is 0 Å².